The summed E-state index contributed by atoms with van der Waals surface area (Å²) in [5.74, 6) is -0.218. The van der Waals surface area contributed by atoms with Gasteiger partial charge >= 0.3 is 5.69 Å². The summed E-state index contributed by atoms with van der Waals surface area (Å²) in [6.45, 7) is 8.71. The molecule has 0 aliphatic carbocycles. The van der Waals surface area contributed by atoms with Crippen LogP contribution in [-0.4, -0.2) is 102 Å². The number of rotatable bonds is 9. The van der Waals surface area contributed by atoms with Gasteiger partial charge < -0.3 is 24.8 Å². The predicted octanol–water partition coefficient (Wildman–Crippen LogP) is 2.96. The number of nitrogens with one attached hydrogen (secondary N) is 2. The van der Waals surface area contributed by atoms with Gasteiger partial charge in [-0.05, 0) is 69.0 Å². The minimum Gasteiger partial charge on any atom is -0.489 e. The van der Waals surface area contributed by atoms with E-state index >= 15 is 0 Å². The quantitative estimate of drug-likeness (QED) is 0.213. The van der Waals surface area contributed by atoms with E-state index in [1.54, 1.807) is 40.7 Å². The minimum absolute atomic E-state index is 0.0126. The molecule has 4 amide bonds. The molecule has 4 aliphatic heterocycles. The highest BCUT2D eigenvalue weighted by Gasteiger charge is 2.38. The number of piperidine rings is 2. The number of hydrogen-bond donors (Lipinski definition) is 2. The molecule has 0 radical (unpaired) electrons. The molecule has 3 fully saturated rings. The zero-order valence-corrected chi connectivity index (χ0v) is 31.6. The van der Waals surface area contributed by atoms with E-state index in [1.165, 1.54) is 10.8 Å². The Morgan fingerprint density at radius 2 is 1.86 bits per heavy atom. The fourth-order valence-electron chi connectivity index (χ4n) is 8.85. The number of aromatic nitrogens is 5. The van der Waals surface area contributed by atoms with Crippen molar-refractivity contribution in [1.29, 1.82) is 0 Å². The summed E-state index contributed by atoms with van der Waals surface area (Å²) in [5.41, 5.74) is 4.93. The minimum atomic E-state index is -0.717. The van der Waals surface area contributed by atoms with Crippen LogP contribution in [0, 0.1) is 5.92 Å². The molecular weight excluding hydrogens is 717 g/mol. The Hall–Kier alpha value is -6.03. The van der Waals surface area contributed by atoms with Gasteiger partial charge in [-0.1, -0.05) is 6.07 Å². The Labute approximate surface area is 322 Å². The van der Waals surface area contributed by atoms with Gasteiger partial charge in [-0.15, -0.1) is 0 Å². The lowest BCUT2D eigenvalue weighted by Gasteiger charge is -2.45. The highest BCUT2D eigenvalue weighted by atomic mass is 16.5. The van der Waals surface area contributed by atoms with Gasteiger partial charge in [0.05, 0.1) is 34.7 Å². The largest absolute Gasteiger partial charge is 0.489 e. The van der Waals surface area contributed by atoms with Crippen molar-refractivity contribution in [2.75, 3.05) is 42.9 Å². The molecule has 1 atom stereocenters. The lowest BCUT2D eigenvalue weighted by Crippen LogP contribution is -2.53. The lowest BCUT2D eigenvalue weighted by molar-refractivity contribution is -0.135. The number of fused-ring (bicyclic) bond motifs is 3. The average Bonchev–Trinajstić information content (AvgIpc) is 3.81. The molecule has 290 valence electrons. The number of hydrogen-bond acceptors (Lipinski definition) is 10. The fourth-order valence-corrected chi connectivity index (χ4v) is 8.85. The Kier molecular flexibility index (Phi) is 8.86. The molecule has 5 aromatic rings. The summed E-state index contributed by atoms with van der Waals surface area (Å²) in [6, 6.07) is 10.6. The molecule has 7 heterocycles. The van der Waals surface area contributed by atoms with Crippen LogP contribution in [0.3, 0.4) is 0 Å². The molecule has 4 aliphatic rings. The first kappa shape index (κ1) is 35.7. The smallest absolute Gasteiger partial charge is 0.329 e. The number of imidazole rings is 1. The van der Waals surface area contributed by atoms with E-state index < -0.39 is 11.9 Å². The number of carbonyl (C=O) groups is 4. The van der Waals surface area contributed by atoms with Crippen molar-refractivity contribution in [2.24, 2.45) is 13.0 Å². The molecule has 1 unspecified atom stereocenters. The van der Waals surface area contributed by atoms with Crippen molar-refractivity contribution in [2.45, 2.75) is 64.3 Å². The maximum atomic E-state index is 13.8. The summed E-state index contributed by atoms with van der Waals surface area (Å²) >= 11 is 0. The second-order valence-electron chi connectivity index (χ2n) is 15.6. The van der Waals surface area contributed by atoms with Crippen LogP contribution in [0.15, 0.2) is 59.8 Å². The van der Waals surface area contributed by atoms with E-state index in [1.807, 2.05) is 43.0 Å². The second-order valence-corrected chi connectivity index (χ2v) is 15.6. The first-order valence-corrected chi connectivity index (χ1v) is 19.3. The average molecular weight is 761 g/mol. The molecule has 2 N–H and O–H groups in total. The third kappa shape index (κ3) is 6.17. The second kappa shape index (κ2) is 13.9. The van der Waals surface area contributed by atoms with Crippen molar-refractivity contribution in [1.82, 2.24) is 38.8 Å². The van der Waals surface area contributed by atoms with Crippen LogP contribution in [0.4, 0.5) is 11.4 Å². The summed E-state index contributed by atoms with van der Waals surface area (Å²) < 4.78 is 10.8. The Morgan fingerprint density at radius 3 is 2.62 bits per heavy atom. The molecule has 3 saturated heterocycles. The van der Waals surface area contributed by atoms with Crippen LogP contribution < -0.4 is 26.0 Å². The highest BCUT2D eigenvalue weighted by molar-refractivity contribution is 6.09. The van der Waals surface area contributed by atoms with Gasteiger partial charge in [0, 0.05) is 82.7 Å². The Balaban J connectivity index is 0.827. The van der Waals surface area contributed by atoms with Crippen molar-refractivity contribution in [3.05, 3.63) is 82.2 Å². The number of nitrogens with zero attached hydrogens (tertiary/aromatic N) is 8. The molecular formula is C40H44N10O6. The third-order valence-electron chi connectivity index (χ3n) is 11.6. The van der Waals surface area contributed by atoms with Crippen LogP contribution in [-0.2, 0) is 23.2 Å². The lowest BCUT2D eigenvalue weighted by atomic mass is 9.95. The van der Waals surface area contributed by atoms with E-state index in [0.717, 1.165) is 62.3 Å². The highest BCUT2D eigenvalue weighted by Crippen LogP contribution is 2.38. The Bertz CT molecular complexity index is 2470. The Morgan fingerprint density at radius 1 is 1.05 bits per heavy atom. The number of likely N-dealkylation sites (tertiary alicyclic amines) is 1. The monoisotopic (exact) mass is 760 g/mol. The topological polar surface area (TPSA) is 168 Å². The standard InChI is InChI=1S/C40H44N10O6/c1-23(2)56-33-17-27-25(16-29(33)43-37(52)28-18-42-49-13-5-12-41-36(28)49)22-48(39(27)54)26-10-14-46(15-11-26)19-24-20-47(21-24)30-6-4-7-31-35(30)45(3)40(55)50(31)32-8-9-34(51)44-38(32)53/h4-7,12-13,16-18,23-24,26,32H,8-11,14-15,19-22H2,1-3H3,(H,43,52)(H,44,51,53). The van der Waals surface area contributed by atoms with Crippen molar-refractivity contribution in [3.63, 3.8) is 0 Å². The zero-order valence-electron chi connectivity index (χ0n) is 31.6. The van der Waals surface area contributed by atoms with E-state index in [-0.39, 0.29) is 42.0 Å². The van der Waals surface area contributed by atoms with Crippen LogP contribution in [0.25, 0.3) is 16.7 Å². The number of aryl methyl sites for hydroxylation is 1. The number of carbonyl (C=O) groups excluding carboxylic acids is 4. The SMILES string of the molecule is CC(C)Oc1cc2c(cc1NC(=O)c1cnn3cccnc13)CN(C1CCN(CC3CN(c4cccc5c4n(C)c(=O)n5C4CCC(=O)NC4=O)C3)CC1)C2=O. The third-order valence-corrected chi connectivity index (χ3v) is 11.6. The predicted molar refractivity (Wildman–Crippen MR) is 207 cm³/mol. The summed E-state index contributed by atoms with van der Waals surface area (Å²) in [4.78, 5) is 76.1. The molecule has 56 heavy (non-hydrogen) atoms. The van der Waals surface area contributed by atoms with Gasteiger partial charge in [-0.25, -0.2) is 14.3 Å². The molecule has 3 aromatic heterocycles. The number of imide groups is 1. The van der Waals surface area contributed by atoms with Crippen LogP contribution in [0.1, 0.15) is 71.9 Å². The first-order valence-electron chi connectivity index (χ1n) is 19.3. The van der Waals surface area contributed by atoms with Gasteiger partial charge in [0.2, 0.25) is 11.8 Å². The van der Waals surface area contributed by atoms with Crippen LogP contribution in [0.2, 0.25) is 0 Å². The number of benzene rings is 2. The molecule has 9 rings (SSSR count). The van der Waals surface area contributed by atoms with Gasteiger partial charge in [0.1, 0.15) is 17.4 Å². The van der Waals surface area contributed by atoms with Gasteiger partial charge in [-0.3, -0.25) is 33.6 Å². The fraction of sp³-hybridized carbons (Fsp3) is 0.425. The zero-order chi connectivity index (χ0) is 38.8. The number of ether oxygens (including phenoxy) is 1. The summed E-state index contributed by atoms with van der Waals surface area (Å²) in [6.07, 6.45) is 6.90. The van der Waals surface area contributed by atoms with Crippen LogP contribution >= 0.6 is 0 Å². The first-order chi connectivity index (χ1) is 27.0. The maximum absolute atomic E-state index is 13.8. The van der Waals surface area contributed by atoms with Gasteiger partial charge in [0.25, 0.3) is 11.8 Å². The van der Waals surface area contributed by atoms with Crippen LogP contribution in [0.5, 0.6) is 5.75 Å². The van der Waals surface area contributed by atoms with Crippen molar-refractivity contribution < 1.29 is 23.9 Å². The number of amides is 4. The van der Waals surface area contributed by atoms with E-state index in [9.17, 15) is 24.0 Å². The summed E-state index contributed by atoms with van der Waals surface area (Å²) in [7, 11) is 1.74. The number of para-hydroxylation sites is 1. The van der Waals surface area contributed by atoms with Crippen molar-refractivity contribution in [3.8, 4) is 5.75 Å². The molecule has 0 bridgehead atoms. The normalized spacial score (nSPS) is 19.6. The van der Waals surface area contributed by atoms with E-state index in [4.69, 9.17) is 4.74 Å². The molecule has 2 aromatic carbocycles. The summed E-state index contributed by atoms with van der Waals surface area (Å²) in [5, 5.41) is 9.61. The van der Waals surface area contributed by atoms with E-state index in [0.29, 0.717) is 52.6 Å². The molecule has 0 saturated carbocycles. The molecule has 16 nitrogen and oxygen atoms in total. The van der Waals surface area contributed by atoms with E-state index in [2.05, 4.69) is 30.5 Å². The molecule has 0 spiro atoms. The maximum Gasteiger partial charge on any atom is 0.329 e. The van der Waals surface area contributed by atoms with Gasteiger partial charge in [0.15, 0.2) is 5.65 Å². The van der Waals surface area contributed by atoms with Gasteiger partial charge in [-0.2, -0.15) is 5.10 Å². The number of anilines is 2. The van der Waals surface area contributed by atoms with Crippen molar-refractivity contribution >= 4 is 51.7 Å². The molecule has 16 heteroatoms.